The van der Waals surface area contributed by atoms with Crippen molar-refractivity contribution in [2.45, 2.75) is 19.3 Å². The van der Waals surface area contributed by atoms with Crippen LogP contribution in [0.1, 0.15) is 29.6 Å². The molecule has 0 aliphatic carbocycles. The molecule has 1 atom stereocenters. The quantitative estimate of drug-likeness (QED) is 0.498. The van der Waals surface area contributed by atoms with Gasteiger partial charge >= 0.3 is 0 Å². The van der Waals surface area contributed by atoms with Crippen molar-refractivity contribution in [1.29, 1.82) is 5.26 Å². The summed E-state index contributed by atoms with van der Waals surface area (Å²) >= 11 is 11.6. The van der Waals surface area contributed by atoms with E-state index in [4.69, 9.17) is 23.2 Å². The van der Waals surface area contributed by atoms with Crippen molar-refractivity contribution in [3.05, 3.63) is 52.3 Å². The zero-order valence-electron chi connectivity index (χ0n) is 14.1. The molecule has 26 heavy (non-hydrogen) atoms. The lowest BCUT2D eigenvalue weighted by molar-refractivity contribution is 0.0952. The van der Waals surface area contributed by atoms with E-state index in [1.807, 2.05) is 18.2 Å². The third kappa shape index (κ3) is 6.51. The van der Waals surface area contributed by atoms with Crippen LogP contribution in [0, 0.1) is 17.2 Å². The van der Waals surface area contributed by atoms with Gasteiger partial charge in [-0.3, -0.25) is 4.79 Å². The maximum atomic E-state index is 11.9. The molecule has 0 aliphatic rings. The topological polar surface area (TPSA) is 90.7 Å². The zero-order valence-corrected chi connectivity index (χ0v) is 15.6. The first-order valence-electron chi connectivity index (χ1n) is 8.25. The molecule has 2 rings (SSSR count). The Balaban J connectivity index is 1.65. The molecule has 136 valence electrons. The molecule has 1 aromatic carbocycles. The Hall–Kier alpha value is -2.36. The van der Waals surface area contributed by atoms with Gasteiger partial charge in [-0.2, -0.15) is 10.2 Å². The van der Waals surface area contributed by atoms with Crippen molar-refractivity contribution in [2.75, 3.05) is 18.4 Å². The van der Waals surface area contributed by atoms with Gasteiger partial charge in [-0.25, -0.2) is 4.98 Å². The SMILES string of the molecule is N#CC(CCCNC(=O)c1ccccc1)CCNc1ncc(Cl)c(Cl)n1. The number of rotatable bonds is 9. The van der Waals surface area contributed by atoms with Gasteiger partial charge in [0.05, 0.1) is 17.3 Å². The molecule has 1 unspecified atom stereocenters. The van der Waals surface area contributed by atoms with E-state index < -0.39 is 0 Å². The van der Waals surface area contributed by atoms with Crippen LogP contribution < -0.4 is 10.6 Å². The van der Waals surface area contributed by atoms with Crippen LogP contribution >= 0.6 is 23.2 Å². The number of anilines is 1. The van der Waals surface area contributed by atoms with Gasteiger partial charge in [0.15, 0.2) is 5.15 Å². The molecule has 1 heterocycles. The lowest BCUT2D eigenvalue weighted by Crippen LogP contribution is -2.24. The van der Waals surface area contributed by atoms with Crippen molar-refractivity contribution < 1.29 is 4.79 Å². The number of nitrogens with one attached hydrogen (secondary N) is 2. The van der Waals surface area contributed by atoms with Crippen LogP contribution in [0.2, 0.25) is 10.2 Å². The van der Waals surface area contributed by atoms with Crippen molar-refractivity contribution in [1.82, 2.24) is 15.3 Å². The molecular weight excluding hydrogens is 373 g/mol. The summed E-state index contributed by atoms with van der Waals surface area (Å²) in [6.07, 6.45) is 3.51. The molecule has 0 saturated heterocycles. The Labute approximate surface area is 162 Å². The maximum Gasteiger partial charge on any atom is 0.251 e. The van der Waals surface area contributed by atoms with Crippen molar-refractivity contribution >= 4 is 35.1 Å². The smallest absolute Gasteiger partial charge is 0.251 e. The number of benzene rings is 1. The largest absolute Gasteiger partial charge is 0.354 e. The van der Waals surface area contributed by atoms with Crippen LogP contribution in [0.4, 0.5) is 5.95 Å². The van der Waals surface area contributed by atoms with Crippen LogP contribution in [-0.4, -0.2) is 29.0 Å². The Bertz CT molecular complexity index is 764. The summed E-state index contributed by atoms with van der Waals surface area (Å²) in [6.45, 7) is 1.09. The summed E-state index contributed by atoms with van der Waals surface area (Å²) in [4.78, 5) is 19.9. The zero-order chi connectivity index (χ0) is 18.8. The molecule has 0 saturated carbocycles. The summed E-state index contributed by atoms with van der Waals surface area (Å²) in [7, 11) is 0. The maximum absolute atomic E-state index is 11.9. The summed E-state index contributed by atoms with van der Waals surface area (Å²) in [6, 6.07) is 11.3. The second kappa shape index (κ2) is 10.6. The van der Waals surface area contributed by atoms with Gasteiger partial charge in [0.25, 0.3) is 5.91 Å². The molecule has 0 aliphatic heterocycles. The van der Waals surface area contributed by atoms with E-state index in [1.54, 1.807) is 12.1 Å². The Morgan fingerprint density at radius 3 is 2.65 bits per heavy atom. The fourth-order valence-corrected chi connectivity index (χ4v) is 2.53. The highest BCUT2D eigenvalue weighted by Crippen LogP contribution is 2.19. The average molecular weight is 392 g/mol. The summed E-state index contributed by atoms with van der Waals surface area (Å²) in [5, 5.41) is 15.6. The second-order valence-electron chi connectivity index (χ2n) is 5.64. The van der Waals surface area contributed by atoms with Crippen LogP contribution in [0.25, 0.3) is 0 Å². The predicted octanol–water partition coefficient (Wildman–Crippen LogP) is 3.94. The second-order valence-corrected chi connectivity index (χ2v) is 6.40. The van der Waals surface area contributed by atoms with Crippen molar-refractivity contribution in [3.63, 3.8) is 0 Å². The number of hydrogen-bond acceptors (Lipinski definition) is 5. The monoisotopic (exact) mass is 391 g/mol. The standard InChI is InChI=1S/C18H19Cl2N5O/c19-15-12-24-18(25-16(15)20)23-10-8-13(11-21)5-4-9-22-17(26)14-6-2-1-3-7-14/h1-3,6-7,12-13H,4-5,8-10H2,(H,22,26)(H,23,24,25). The molecule has 1 amide bonds. The number of nitriles is 1. The van der Waals surface area contributed by atoms with Gasteiger partial charge in [-0.05, 0) is 31.4 Å². The highest BCUT2D eigenvalue weighted by molar-refractivity contribution is 6.41. The Morgan fingerprint density at radius 2 is 1.96 bits per heavy atom. The Kier molecular flexibility index (Phi) is 8.13. The molecule has 8 heteroatoms. The van der Waals surface area contributed by atoms with Crippen molar-refractivity contribution in [2.24, 2.45) is 5.92 Å². The van der Waals surface area contributed by atoms with E-state index in [9.17, 15) is 10.1 Å². The molecule has 0 spiro atoms. The van der Waals surface area contributed by atoms with Crippen LogP contribution in [-0.2, 0) is 0 Å². The number of carbonyl (C=O) groups excluding carboxylic acids is 1. The van der Waals surface area contributed by atoms with E-state index in [0.29, 0.717) is 42.5 Å². The average Bonchev–Trinajstić information content (AvgIpc) is 2.67. The predicted molar refractivity (Wildman–Crippen MR) is 102 cm³/mol. The first-order chi connectivity index (χ1) is 12.6. The summed E-state index contributed by atoms with van der Waals surface area (Å²) in [5.74, 6) is 0.169. The molecular formula is C18H19Cl2N5O. The van der Waals surface area contributed by atoms with Crippen LogP contribution in [0.3, 0.4) is 0 Å². The minimum atomic E-state index is -0.112. The summed E-state index contributed by atoms with van der Waals surface area (Å²) in [5.41, 5.74) is 0.634. The molecule has 0 fully saturated rings. The van der Waals surface area contributed by atoms with E-state index >= 15 is 0 Å². The molecule has 2 N–H and O–H groups in total. The van der Waals surface area contributed by atoms with Gasteiger partial charge in [0.2, 0.25) is 5.95 Å². The Morgan fingerprint density at radius 1 is 1.19 bits per heavy atom. The van der Waals surface area contributed by atoms with Crippen molar-refractivity contribution in [3.8, 4) is 6.07 Å². The number of amides is 1. The van der Waals surface area contributed by atoms with Gasteiger partial charge in [-0.1, -0.05) is 41.4 Å². The number of aromatic nitrogens is 2. The first kappa shape index (κ1) is 20.0. The molecule has 0 bridgehead atoms. The van der Waals surface area contributed by atoms with Gasteiger partial charge in [-0.15, -0.1) is 0 Å². The minimum Gasteiger partial charge on any atom is -0.354 e. The molecule has 2 aromatic rings. The third-order valence-electron chi connectivity index (χ3n) is 3.71. The first-order valence-corrected chi connectivity index (χ1v) is 9.00. The van der Waals surface area contributed by atoms with Crippen LogP contribution in [0.5, 0.6) is 0 Å². The number of hydrogen-bond donors (Lipinski definition) is 2. The highest BCUT2D eigenvalue weighted by Gasteiger charge is 2.09. The third-order valence-corrected chi connectivity index (χ3v) is 4.37. The highest BCUT2D eigenvalue weighted by atomic mass is 35.5. The lowest BCUT2D eigenvalue weighted by Gasteiger charge is -2.11. The van der Waals surface area contributed by atoms with Crippen LogP contribution in [0.15, 0.2) is 36.5 Å². The van der Waals surface area contributed by atoms with E-state index in [2.05, 4.69) is 26.7 Å². The lowest BCUT2D eigenvalue weighted by atomic mass is 10.0. The molecule has 0 radical (unpaired) electrons. The number of halogens is 2. The van der Waals surface area contributed by atoms with Gasteiger partial charge in [0.1, 0.15) is 0 Å². The van der Waals surface area contributed by atoms with E-state index in [0.717, 1.165) is 6.42 Å². The van der Waals surface area contributed by atoms with E-state index in [-0.39, 0.29) is 17.0 Å². The fourth-order valence-electron chi connectivity index (χ4n) is 2.31. The number of nitrogens with zero attached hydrogens (tertiary/aromatic N) is 3. The summed E-state index contributed by atoms with van der Waals surface area (Å²) < 4.78 is 0. The minimum absolute atomic E-state index is 0.0995. The molecule has 6 nitrogen and oxygen atoms in total. The van der Waals surface area contributed by atoms with Gasteiger partial charge in [0, 0.05) is 24.6 Å². The number of carbonyl (C=O) groups is 1. The normalized spacial score (nSPS) is 11.4. The van der Waals surface area contributed by atoms with E-state index in [1.165, 1.54) is 6.20 Å². The fraction of sp³-hybridized carbons (Fsp3) is 0.333. The van der Waals surface area contributed by atoms with Gasteiger partial charge < -0.3 is 10.6 Å². The molecule has 1 aromatic heterocycles.